The standard InChI is InChI=1S/C26H32N4O2/c1-26(2,3)16-30-22(13-12-21-23(30)28(4)25(32)27-21)20-14-19-11-10-18(20)15-29(19)24(31)17-8-6-5-7-9-17/h5-9,12-14,18-19,22H,10-11,15-16H2,1-4H3,(H,27,32). The summed E-state index contributed by atoms with van der Waals surface area (Å²) in [6.45, 7) is 8.29. The van der Waals surface area contributed by atoms with Crippen molar-refractivity contribution in [3.05, 3.63) is 69.8 Å². The van der Waals surface area contributed by atoms with Crippen molar-refractivity contribution in [3.8, 4) is 0 Å². The van der Waals surface area contributed by atoms with E-state index in [1.54, 1.807) is 4.57 Å². The number of anilines is 1. The first-order valence-electron chi connectivity index (χ1n) is 11.5. The molecule has 3 aliphatic heterocycles. The molecule has 1 N–H and O–H groups in total. The number of benzene rings is 1. The Hall–Kier alpha value is -3.02. The molecule has 1 fully saturated rings. The minimum absolute atomic E-state index is 0.0670. The Labute approximate surface area is 189 Å². The van der Waals surface area contributed by atoms with Crippen molar-refractivity contribution in [3.63, 3.8) is 0 Å². The van der Waals surface area contributed by atoms with Gasteiger partial charge in [0.25, 0.3) is 5.91 Å². The van der Waals surface area contributed by atoms with Crippen LogP contribution < -0.4 is 10.6 Å². The van der Waals surface area contributed by atoms with E-state index >= 15 is 0 Å². The van der Waals surface area contributed by atoms with Crippen molar-refractivity contribution in [2.75, 3.05) is 18.0 Å². The Morgan fingerprint density at radius 2 is 1.91 bits per heavy atom. The number of rotatable bonds is 3. The number of imidazole rings is 1. The van der Waals surface area contributed by atoms with Crippen LogP contribution in [0.5, 0.6) is 0 Å². The summed E-state index contributed by atoms with van der Waals surface area (Å²) in [6.07, 6.45) is 8.72. The van der Waals surface area contributed by atoms with Gasteiger partial charge in [0.2, 0.25) is 0 Å². The van der Waals surface area contributed by atoms with Gasteiger partial charge in [-0.15, -0.1) is 0 Å². The summed E-state index contributed by atoms with van der Waals surface area (Å²) in [6, 6.07) is 9.82. The Balaban J connectivity index is 1.49. The maximum absolute atomic E-state index is 13.2. The monoisotopic (exact) mass is 432 g/mol. The number of piperidine rings is 1. The highest BCUT2D eigenvalue weighted by molar-refractivity contribution is 5.94. The van der Waals surface area contributed by atoms with Crippen molar-refractivity contribution >= 4 is 17.8 Å². The third kappa shape index (κ3) is 3.51. The number of aromatic nitrogens is 2. The Morgan fingerprint density at radius 1 is 1.16 bits per heavy atom. The minimum atomic E-state index is -0.0852. The average molecular weight is 433 g/mol. The second-order valence-corrected chi connectivity index (χ2v) is 10.6. The topological polar surface area (TPSA) is 61.3 Å². The van der Waals surface area contributed by atoms with Crippen molar-refractivity contribution in [2.45, 2.75) is 45.7 Å². The lowest BCUT2D eigenvalue weighted by atomic mass is 9.75. The van der Waals surface area contributed by atoms with E-state index in [0.717, 1.165) is 43.0 Å². The van der Waals surface area contributed by atoms with Crippen LogP contribution in [0.2, 0.25) is 0 Å². The zero-order chi connectivity index (χ0) is 22.6. The highest BCUT2D eigenvalue weighted by atomic mass is 16.2. The highest BCUT2D eigenvalue weighted by Crippen LogP contribution is 2.42. The number of hydrogen-bond acceptors (Lipinski definition) is 3. The molecule has 0 spiro atoms. The Bertz CT molecular complexity index is 1150. The smallest absolute Gasteiger partial charge is 0.327 e. The molecule has 1 amide bonds. The van der Waals surface area contributed by atoms with E-state index < -0.39 is 0 Å². The molecule has 6 nitrogen and oxygen atoms in total. The summed E-state index contributed by atoms with van der Waals surface area (Å²) in [5.74, 6) is 1.41. The number of aromatic amines is 1. The van der Waals surface area contributed by atoms with E-state index in [2.05, 4.69) is 48.9 Å². The molecule has 4 aliphatic rings. The molecule has 0 radical (unpaired) electrons. The molecule has 2 aromatic rings. The third-order valence-electron chi connectivity index (χ3n) is 6.91. The first-order chi connectivity index (χ1) is 15.2. The Morgan fingerprint density at radius 3 is 2.56 bits per heavy atom. The van der Waals surface area contributed by atoms with Crippen LogP contribution in [0, 0.1) is 11.3 Å². The van der Waals surface area contributed by atoms with Gasteiger partial charge in [-0.25, -0.2) is 4.79 Å². The number of carbonyl (C=O) groups excluding carboxylic acids is 1. The Kier molecular flexibility index (Phi) is 4.91. The summed E-state index contributed by atoms with van der Waals surface area (Å²) in [5.41, 5.74) is 3.00. The number of nitrogens with one attached hydrogen (secondary N) is 1. The highest BCUT2D eigenvalue weighted by Gasteiger charge is 2.42. The first-order valence-corrected chi connectivity index (χ1v) is 11.5. The second kappa shape index (κ2) is 7.54. The summed E-state index contributed by atoms with van der Waals surface area (Å²) < 4.78 is 1.73. The van der Waals surface area contributed by atoms with Crippen molar-refractivity contribution < 1.29 is 4.79 Å². The molecular weight excluding hydrogens is 400 g/mol. The summed E-state index contributed by atoms with van der Waals surface area (Å²) in [4.78, 5) is 32.9. The molecular formula is C26H32N4O2. The van der Waals surface area contributed by atoms with E-state index in [0.29, 0.717) is 5.92 Å². The quantitative estimate of drug-likeness (QED) is 0.750. The number of amides is 1. The number of carbonyl (C=O) groups is 1. The second-order valence-electron chi connectivity index (χ2n) is 10.6. The van der Waals surface area contributed by atoms with E-state index in [9.17, 15) is 9.59 Å². The number of H-pyrrole nitrogens is 1. The van der Waals surface area contributed by atoms with Crippen LogP contribution in [-0.2, 0) is 7.05 Å². The van der Waals surface area contributed by atoms with Crippen LogP contribution in [0.15, 0.2) is 52.9 Å². The fourth-order valence-electron chi connectivity index (χ4n) is 5.51. The van der Waals surface area contributed by atoms with Gasteiger partial charge >= 0.3 is 5.69 Å². The summed E-state index contributed by atoms with van der Waals surface area (Å²) in [5, 5.41) is 0. The van der Waals surface area contributed by atoms with Crippen LogP contribution >= 0.6 is 0 Å². The lowest BCUT2D eigenvalue weighted by Crippen LogP contribution is -2.54. The van der Waals surface area contributed by atoms with Gasteiger partial charge in [0.05, 0.1) is 17.8 Å². The molecule has 6 rings (SSSR count). The summed E-state index contributed by atoms with van der Waals surface area (Å²) in [7, 11) is 1.84. The van der Waals surface area contributed by atoms with Gasteiger partial charge in [-0.3, -0.25) is 9.36 Å². The van der Waals surface area contributed by atoms with Crippen LogP contribution in [0.3, 0.4) is 0 Å². The van der Waals surface area contributed by atoms with E-state index in [-0.39, 0.29) is 29.1 Å². The van der Waals surface area contributed by atoms with Gasteiger partial charge < -0.3 is 14.8 Å². The zero-order valence-electron chi connectivity index (χ0n) is 19.3. The first kappa shape index (κ1) is 20.9. The zero-order valence-corrected chi connectivity index (χ0v) is 19.3. The molecule has 4 heterocycles. The predicted octanol–water partition coefficient (Wildman–Crippen LogP) is 3.82. The average Bonchev–Trinajstić information content (AvgIpc) is 3.07. The van der Waals surface area contributed by atoms with Gasteiger partial charge in [0.1, 0.15) is 5.82 Å². The summed E-state index contributed by atoms with van der Waals surface area (Å²) >= 11 is 0. The maximum atomic E-state index is 13.2. The molecule has 3 atom stereocenters. The third-order valence-corrected chi connectivity index (χ3v) is 6.91. The minimum Gasteiger partial charge on any atom is -0.345 e. The van der Waals surface area contributed by atoms with Crippen molar-refractivity contribution in [1.82, 2.24) is 14.5 Å². The van der Waals surface area contributed by atoms with Crippen LogP contribution in [0.25, 0.3) is 6.08 Å². The lowest BCUT2D eigenvalue weighted by molar-refractivity contribution is 0.0581. The van der Waals surface area contributed by atoms with Crippen molar-refractivity contribution in [2.24, 2.45) is 18.4 Å². The molecule has 6 heteroatoms. The van der Waals surface area contributed by atoms with Gasteiger partial charge in [-0.1, -0.05) is 51.1 Å². The molecule has 3 unspecified atom stereocenters. The fourth-order valence-corrected chi connectivity index (χ4v) is 5.51. The van der Waals surface area contributed by atoms with E-state index in [1.807, 2.05) is 42.3 Å². The lowest BCUT2D eigenvalue weighted by Gasteiger charge is -2.49. The van der Waals surface area contributed by atoms with Gasteiger partial charge in [-0.05, 0) is 48.0 Å². The van der Waals surface area contributed by atoms with Gasteiger partial charge in [0.15, 0.2) is 0 Å². The van der Waals surface area contributed by atoms with Crippen LogP contribution in [0.4, 0.5) is 5.82 Å². The fraction of sp³-hybridized carbons (Fsp3) is 0.462. The molecule has 1 aromatic carbocycles. The number of fused-ring (bicyclic) bond motifs is 3. The SMILES string of the molecule is Cn1c2c([nH]c1=O)C=CC(C1=CC3CCC1CN3C(=O)c1ccccc1)N2CC(C)(C)C. The maximum Gasteiger partial charge on any atom is 0.327 e. The van der Waals surface area contributed by atoms with Crippen LogP contribution in [0.1, 0.15) is 49.7 Å². The molecule has 2 bridgehead atoms. The number of nitrogens with zero attached hydrogens (tertiary/aromatic N) is 3. The molecule has 1 saturated heterocycles. The van der Waals surface area contributed by atoms with Gasteiger partial charge in [0, 0.05) is 25.7 Å². The van der Waals surface area contributed by atoms with E-state index in [4.69, 9.17) is 0 Å². The van der Waals surface area contributed by atoms with E-state index in [1.165, 1.54) is 5.57 Å². The number of hydrogen-bond donors (Lipinski definition) is 1. The van der Waals surface area contributed by atoms with Gasteiger partial charge in [-0.2, -0.15) is 0 Å². The molecule has 32 heavy (non-hydrogen) atoms. The van der Waals surface area contributed by atoms with Crippen LogP contribution in [-0.4, -0.2) is 45.5 Å². The normalized spacial score (nSPS) is 24.5. The van der Waals surface area contributed by atoms with Crippen molar-refractivity contribution in [1.29, 1.82) is 0 Å². The molecule has 168 valence electrons. The molecule has 0 saturated carbocycles. The predicted molar refractivity (Wildman–Crippen MR) is 128 cm³/mol. The largest absolute Gasteiger partial charge is 0.345 e. The molecule has 1 aromatic heterocycles. The molecule has 1 aliphatic carbocycles.